The number of fused-ring (bicyclic) bond motifs is 1. The van der Waals surface area contributed by atoms with Gasteiger partial charge in [-0.15, -0.1) is 0 Å². The molecule has 1 fully saturated rings. The van der Waals surface area contributed by atoms with E-state index in [9.17, 15) is 4.79 Å². The Morgan fingerprint density at radius 2 is 2.32 bits per heavy atom. The number of nitrogen functional groups attached to an aromatic ring is 1. The van der Waals surface area contributed by atoms with E-state index in [2.05, 4.69) is 5.32 Å². The highest BCUT2D eigenvalue weighted by Crippen LogP contribution is 2.40. The Morgan fingerprint density at radius 1 is 1.50 bits per heavy atom. The van der Waals surface area contributed by atoms with Crippen molar-refractivity contribution in [3.8, 4) is 0 Å². The van der Waals surface area contributed by atoms with Gasteiger partial charge < -0.3 is 25.4 Å². The molecule has 0 aromatic heterocycles. The highest BCUT2D eigenvalue weighted by Gasteiger charge is 2.37. The van der Waals surface area contributed by atoms with E-state index < -0.39 is 0 Å². The molecular weight excluding hydrogens is 282 g/mol. The van der Waals surface area contributed by atoms with Gasteiger partial charge in [0.15, 0.2) is 0 Å². The number of ether oxygens (including phenoxy) is 2. The lowest BCUT2D eigenvalue weighted by Crippen LogP contribution is -2.39. The van der Waals surface area contributed by atoms with E-state index in [4.69, 9.17) is 15.2 Å². The first-order valence-corrected chi connectivity index (χ1v) is 7.40. The number of morpholine rings is 1. The van der Waals surface area contributed by atoms with Crippen LogP contribution in [0.4, 0.5) is 11.4 Å². The Bertz CT molecular complexity index is 619. The lowest BCUT2D eigenvalue weighted by molar-refractivity contribution is -0.113. The van der Waals surface area contributed by atoms with Gasteiger partial charge in [-0.25, -0.2) is 0 Å². The lowest BCUT2D eigenvalue weighted by atomic mass is 10.0. The van der Waals surface area contributed by atoms with Crippen molar-refractivity contribution in [2.75, 3.05) is 44.1 Å². The Balaban J connectivity index is 2.10. The Morgan fingerprint density at radius 3 is 3.00 bits per heavy atom. The molecule has 1 saturated heterocycles. The Kier molecular flexibility index (Phi) is 4.04. The molecule has 0 radical (unpaired) electrons. The van der Waals surface area contributed by atoms with Gasteiger partial charge in [0.1, 0.15) is 0 Å². The number of carbonyl (C=O) groups excluding carboxylic acids is 1. The van der Waals surface area contributed by atoms with E-state index in [1.165, 1.54) is 0 Å². The first kappa shape index (κ1) is 14.9. The molecule has 2 aliphatic heterocycles. The first-order chi connectivity index (χ1) is 10.6. The van der Waals surface area contributed by atoms with Gasteiger partial charge in [-0.2, -0.15) is 0 Å². The zero-order valence-corrected chi connectivity index (χ0v) is 12.9. The van der Waals surface area contributed by atoms with Crippen molar-refractivity contribution in [1.82, 2.24) is 5.32 Å². The van der Waals surface area contributed by atoms with Crippen molar-refractivity contribution in [2.45, 2.75) is 13.0 Å². The van der Waals surface area contributed by atoms with Crippen molar-refractivity contribution >= 4 is 22.9 Å². The van der Waals surface area contributed by atoms with Crippen molar-refractivity contribution in [1.29, 1.82) is 0 Å². The molecule has 118 valence electrons. The molecule has 22 heavy (non-hydrogen) atoms. The number of methoxy groups -OCH3 is 1. The number of anilines is 2. The SMILES string of the molecule is COCC(C)N1C(=O)/C(=C2/COCCN2)c2cc(N)ccc21. The number of amides is 1. The van der Waals surface area contributed by atoms with Crippen LogP contribution in [0.15, 0.2) is 23.9 Å². The summed E-state index contributed by atoms with van der Waals surface area (Å²) in [5.74, 6) is -0.0295. The minimum Gasteiger partial charge on any atom is -0.399 e. The Hall–Kier alpha value is -2.05. The summed E-state index contributed by atoms with van der Waals surface area (Å²) in [5, 5.41) is 3.28. The van der Waals surface area contributed by atoms with Gasteiger partial charge in [-0.3, -0.25) is 4.79 Å². The fraction of sp³-hybridized carbons (Fsp3) is 0.438. The molecule has 6 nitrogen and oxygen atoms in total. The third kappa shape index (κ3) is 2.44. The molecule has 1 unspecified atom stereocenters. The minimum atomic E-state index is -0.0533. The maximum atomic E-state index is 13.0. The number of hydrogen-bond acceptors (Lipinski definition) is 5. The third-order valence-electron chi connectivity index (χ3n) is 3.96. The van der Waals surface area contributed by atoms with Gasteiger partial charge in [0, 0.05) is 24.9 Å². The summed E-state index contributed by atoms with van der Waals surface area (Å²) in [6, 6.07) is 5.51. The van der Waals surface area contributed by atoms with Crippen LogP contribution in [-0.4, -0.2) is 45.4 Å². The van der Waals surface area contributed by atoms with E-state index in [0.717, 1.165) is 16.9 Å². The molecule has 0 aliphatic carbocycles. The highest BCUT2D eigenvalue weighted by molar-refractivity contribution is 6.33. The number of nitrogens with zero attached hydrogens (tertiary/aromatic N) is 1. The highest BCUT2D eigenvalue weighted by atomic mass is 16.5. The summed E-state index contributed by atoms with van der Waals surface area (Å²) in [7, 11) is 1.64. The van der Waals surface area contributed by atoms with Gasteiger partial charge >= 0.3 is 0 Å². The van der Waals surface area contributed by atoms with Gasteiger partial charge in [0.05, 0.1) is 42.8 Å². The van der Waals surface area contributed by atoms with E-state index in [1.807, 2.05) is 25.1 Å². The van der Waals surface area contributed by atoms with Crippen LogP contribution in [0.1, 0.15) is 12.5 Å². The lowest BCUT2D eigenvalue weighted by Gasteiger charge is -2.25. The quantitative estimate of drug-likeness (QED) is 0.643. The monoisotopic (exact) mass is 303 g/mol. The van der Waals surface area contributed by atoms with Crippen LogP contribution in [0, 0.1) is 0 Å². The smallest absolute Gasteiger partial charge is 0.261 e. The number of rotatable bonds is 3. The van der Waals surface area contributed by atoms with Gasteiger partial charge in [0.25, 0.3) is 5.91 Å². The largest absolute Gasteiger partial charge is 0.399 e. The van der Waals surface area contributed by atoms with E-state index in [1.54, 1.807) is 12.0 Å². The summed E-state index contributed by atoms with van der Waals surface area (Å²) in [6.45, 7) is 4.22. The molecule has 1 aromatic carbocycles. The third-order valence-corrected chi connectivity index (χ3v) is 3.96. The minimum absolute atomic E-state index is 0.0295. The Labute approximate surface area is 129 Å². The summed E-state index contributed by atoms with van der Waals surface area (Å²) in [4.78, 5) is 14.7. The van der Waals surface area contributed by atoms with Crippen LogP contribution in [0.2, 0.25) is 0 Å². The van der Waals surface area contributed by atoms with Crippen LogP contribution < -0.4 is 16.0 Å². The predicted molar refractivity (Wildman–Crippen MR) is 85.4 cm³/mol. The van der Waals surface area contributed by atoms with Gasteiger partial charge in [-0.1, -0.05) is 0 Å². The molecular formula is C16H21N3O3. The van der Waals surface area contributed by atoms with Gasteiger partial charge in [0.2, 0.25) is 0 Å². The molecule has 1 amide bonds. The summed E-state index contributed by atoms with van der Waals surface area (Å²) in [5.41, 5.74) is 9.78. The fourth-order valence-electron chi connectivity index (χ4n) is 3.01. The van der Waals surface area contributed by atoms with Crippen molar-refractivity contribution in [3.63, 3.8) is 0 Å². The summed E-state index contributed by atoms with van der Waals surface area (Å²) < 4.78 is 10.7. The maximum absolute atomic E-state index is 13.0. The topological polar surface area (TPSA) is 76.8 Å². The average molecular weight is 303 g/mol. The molecule has 6 heteroatoms. The van der Waals surface area contributed by atoms with Crippen LogP contribution in [0.25, 0.3) is 5.57 Å². The first-order valence-electron chi connectivity index (χ1n) is 7.40. The second-order valence-corrected chi connectivity index (χ2v) is 5.59. The second-order valence-electron chi connectivity index (χ2n) is 5.59. The zero-order chi connectivity index (χ0) is 15.7. The molecule has 3 rings (SSSR count). The zero-order valence-electron chi connectivity index (χ0n) is 12.9. The second kappa shape index (κ2) is 5.98. The number of hydrogen-bond donors (Lipinski definition) is 2. The fourth-order valence-corrected chi connectivity index (χ4v) is 3.01. The number of benzene rings is 1. The van der Waals surface area contributed by atoms with Crippen LogP contribution in [0.5, 0.6) is 0 Å². The van der Waals surface area contributed by atoms with Crippen LogP contribution >= 0.6 is 0 Å². The molecule has 0 spiro atoms. The molecule has 2 heterocycles. The van der Waals surface area contributed by atoms with Crippen molar-refractivity contribution < 1.29 is 14.3 Å². The summed E-state index contributed by atoms with van der Waals surface area (Å²) >= 11 is 0. The molecule has 1 atom stereocenters. The van der Waals surface area contributed by atoms with Gasteiger partial charge in [-0.05, 0) is 25.1 Å². The van der Waals surface area contributed by atoms with E-state index in [0.29, 0.717) is 37.6 Å². The normalized spacial score (nSPS) is 22.5. The number of nitrogens with one attached hydrogen (secondary N) is 1. The molecule has 0 saturated carbocycles. The summed E-state index contributed by atoms with van der Waals surface area (Å²) in [6.07, 6.45) is 0. The molecule has 0 bridgehead atoms. The van der Waals surface area contributed by atoms with Crippen LogP contribution in [0.3, 0.4) is 0 Å². The van der Waals surface area contributed by atoms with E-state index >= 15 is 0 Å². The van der Waals surface area contributed by atoms with E-state index in [-0.39, 0.29) is 11.9 Å². The van der Waals surface area contributed by atoms with Crippen molar-refractivity contribution in [3.05, 3.63) is 29.5 Å². The molecule has 3 N–H and O–H groups in total. The predicted octanol–water partition coefficient (Wildman–Crippen LogP) is 0.981. The number of carbonyl (C=O) groups is 1. The number of nitrogens with two attached hydrogens (primary N) is 1. The average Bonchev–Trinajstić information content (AvgIpc) is 2.79. The van der Waals surface area contributed by atoms with Crippen LogP contribution in [-0.2, 0) is 14.3 Å². The molecule has 2 aliphatic rings. The molecule has 1 aromatic rings. The standard InChI is InChI=1S/C16H21N3O3/c1-10(8-21-2)19-14-4-3-11(17)7-12(14)15(16(19)20)13-9-22-6-5-18-13/h3-4,7,10,18H,5-6,8-9,17H2,1-2H3/b15-13-. The van der Waals surface area contributed by atoms with Crippen molar-refractivity contribution in [2.24, 2.45) is 0 Å². The maximum Gasteiger partial charge on any atom is 0.261 e.